The first-order valence-electron chi connectivity index (χ1n) is 4.95. The Labute approximate surface area is 87.1 Å². The molecule has 0 unspecified atom stereocenters. The minimum Gasteiger partial charge on any atom is -0.477 e. The molecule has 0 amide bonds. The molecule has 1 aromatic heterocycles. The molecule has 1 aliphatic rings. The lowest BCUT2D eigenvalue weighted by Gasteiger charge is -2.03. The van der Waals surface area contributed by atoms with E-state index in [0.717, 1.165) is 12.3 Å². The molecule has 0 radical (unpaired) electrons. The number of carboxylic acid groups (broad SMARTS) is 1. The summed E-state index contributed by atoms with van der Waals surface area (Å²) < 4.78 is 5.26. The number of nitrogens with zero attached hydrogens (tertiary/aromatic N) is 2. The van der Waals surface area contributed by atoms with Crippen LogP contribution in [-0.4, -0.2) is 27.7 Å². The molecule has 0 bridgehead atoms. The Kier molecular flexibility index (Phi) is 2.80. The molecular formula is C10H12N2O3. The van der Waals surface area contributed by atoms with Crippen LogP contribution in [0.15, 0.2) is 12.3 Å². The van der Waals surface area contributed by atoms with Gasteiger partial charge in [-0.3, -0.25) is 0 Å². The second-order valence-corrected chi connectivity index (χ2v) is 3.61. The van der Waals surface area contributed by atoms with Gasteiger partial charge in [0.25, 0.3) is 0 Å². The molecule has 0 aliphatic heterocycles. The van der Waals surface area contributed by atoms with E-state index in [1.807, 2.05) is 0 Å². The van der Waals surface area contributed by atoms with E-state index >= 15 is 0 Å². The highest BCUT2D eigenvalue weighted by Gasteiger charge is 2.20. The number of carboxylic acids is 1. The van der Waals surface area contributed by atoms with Gasteiger partial charge in [-0.1, -0.05) is 12.8 Å². The third kappa shape index (κ3) is 2.90. The van der Waals surface area contributed by atoms with Crippen molar-refractivity contribution >= 4 is 5.97 Å². The molecule has 1 fully saturated rings. The topological polar surface area (TPSA) is 72.3 Å². The Morgan fingerprint density at radius 2 is 2.40 bits per heavy atom. The van der Waals surface area contributed by atoms with Crippen molar-refractivity contribution < 1.29 is 14.6 Å². The van der Waals surface area contributed by atoms with Gasteiger partial charge >= 0.3 is 12.0 Å². The smallest absolute Gasteiger partial charge is 0.354 e. The zero-order chi connectivity index (χ0) is 10.7. The van der Waals surface area contributed by atoms with Crippen molar-refractivity contribution in [2.45, 2.75) is 19.3 Å². The molecule has 80 valence electrons. The molecule has 15 heavy (non-hydrogen) atoms. The van der Waals surface area contributed by atoms with Crippen molar-refractivity contribution in [2.24, 2.45) is 5.92 Å². The number of ether oxygens (including phenoxy) is 1. The van der Waals surface area contributed by atoms with Crippen LogP contribution in [0.4, 0.5) is 0 Å². The first kappa shape index (κ1) is 9.89. The first-order chi connectivity index (χ1) is 7.25. The summed E-state index contributed by atoms with van der Waals surface area (Å²) >= 11 is 0. The van der Waals surface area contributed by atoms with Crippen molar-refractivity contribution in [2.75, 3.05) is 6.61 Å². The van der Waals surface area contributed by atoms with Gasteiger partial charge in [0.15, 0.2) is 5.69 Å². The van der Waals surface area contributed by atoms with Crippen LogP contribution >= 0.6 is 0 Å². The van der Waals surface area contributed by atoms with Crippen molar-refractivity contribution in [1.29, 1.82) is 0 Å². The Bertz CT molecular complexity index is 363. The molecule has 0 atom stereocenters. The van der Waals surface area contributed by atoms with E-state index in [9.17, 15) is 4.79 Å². The van der Waals surface area contributed by atoms with Crippen LogP contribution in [0, 0.1) is 5.92 Å². The van der Waals surface area contributed by atoms with Gasteiger partial charge in [-0.25, -0.2) is 9.78 Å². The summed E-state index contributed by atoms with van der Waals surface area (Å²) in [7, 11) is 0. The molecule has 0 saturated heterocycles. The van der Waals surface area contributed by atoms with Gasteiger partial charge < -0.3 is 9.84 Å². The fourth-order valence-electron chi connectivity index (χ4n) is 1.25. The molecule has 1 aliphatic carbocycles. The van der Waals surface area contributed by atoms with Gasteiger partial charge in [0.05, 0.1) is 6.61 Å². The van der Waals surface area contributed by atoms with Crippen LogP contribution in [0.5, 0.6) is 6.01 Å². The van der Waals surface area contributed by atoms with Crippen LogP contribution in [0.3, 0.4) is 0 Å². The zero-order valence-corrected chi connectivity index (χ0v) is 8.22. The predicted molar refractivity (Wildman–Crippen MR) is 51.8 cm³/mol. The summed E-state index contributed by atoms with van der Waals surface area (Å²) in [6.45, 7) is 0.563. The lowest BCUT2D eigenvalue weighted by atomic mass is 10.3. The quantitative estimate of drug-likeness (QED) is 0.790. The second-order valence-electron chi connectivity index (χ2n) is 3.61. The number of rotatable bonds is 5. The van der Waals surface area contributed by atoms with E-state index in [-0.39, 0.29) is 11.7 Å². The van der Waals surface area contributed by atoms with Crippen molar-refractivity contribution in [3.05, 3.63) is 18.0 Å². The summed E-state index contributed by atoms with van der Waals surface area (Å²) in [5, 5.41) is 8.69. The maximum absolute atomic E-state index is 10.6. The largest absolute Gasteiger partial charge is 0.477 e. The van der Waals surface area contributed by atoms with Gasteiger partial charge in [-0.15, -0.1) is 0 Å². The number of hydrogen-bond donors (Lipinski definition) is 1. The SMILES string of the molecule is O=C(O)c1ccnc(OCCC2CC2)n1. The highest BCUT2D eigenvalue weighted by Crippen LogP contribution is 2.32. The Morgan fingerprint density at radius 3 is 3.07 bits per heavy atom. The standard InChI is InChI=1S/C10H12N2O3/c13-9(14)8-3-5-11-10(12-8)15-6-4-7-1-2-7/h3,5,7H,1-2,4,6H2,(H,13,14). The number of carbonyl (C=O) groups is 1. The van der Waals surface area contributed by atoms with Crippen molar-refractivity contribution in [3.8, 4) is 6.01 Å². The van der Waals surface area contributed by atoms with Crippen LogP contribution in [0.1, 0.15) is 29.8 Å². The second kappa shape index (κ2) is 4.25. The van der Waals surface area contributed by atoms with Crippen LogP contribution < -0.4 is 4.74 Å². The maximum Gasteiger partial charge on any atom is 0.354 e. The molecule has 0 aromatic carbocycles. The van der Waals surface area contributed by atoms with Crippen molar-refractivity contribution in [3.63, 3.8) is 0 Å². The summed E-state index contributed by atoms with van der Waals surface area (Å²) in [6.07, 6.45) is 4.95. The van der Waals surface area contributed by atoms with E-state index < -0.39 is 5.97 Å². The lowest BCUT2D eigenvalue weighted by molar-refractivity contribution is 0.0688. The Balaban J connectivity index is 1.88. The van der Waals surface area contributed by atoms with E-state index in [2.05, 4.69) is 9.97 Å². The summed E-state index contributed by atoms with van der Waals surface area (Å²) in [5.74, 6) is -0.280. The molecule has 1 heterocycles. The summed E-state index contributed by atoms with van der Waals surface area (Å²) in [6, 6.07) is 1.49. The number of aromatic nitrogens is 2. The summed E-state index contributed by atoms with van der Waals surface area (Å²) in [4.78, 5) is 18.2. The predicted octanol–water partition coefficient (Wildman–Crippen LogP) is 1.35. The van der Waals surface area contributed by atoms with Gasteiger partial charge in [0.2, 0.25) is 0 Å². The highest BCUT2D eigenvalue weighted by molar-refractivity contribution is 5.85. The van der Waals surface area contributed by atoms with Gasteiger partial charge in [-0.05, 0) is 18.4 Å². The normalized spacial score (nSPS) is 14.9. The van der Waals surface area contributed by atoms with E-state index in [4.69, 9.17) is 9.84 Å². The Hall–Kier alpha value is -1.65. The molecule has 5 nitrogen and oxygen atoms in total. The first-order valence-corrected chi connectivity index (χ1v) is 4.95. The number of aromatic carboxylic acids is 1. The van der Waals surface area contributed by atoms with Gasteiger partial charge in [0, 0.05) is 6.20 Å². The fourth-order valence-corrected chi connectivity index (χ4v) is 1.25. The van der Waals surface area contributed by atoms with Crippen LogP contribution in [-0.2, 0) is 0 Å². The lowest BCUT2D eigenvalue weighted by Crippen LogP contribution is -2.06. The molecule has 1 aromatic rings. The average Bonchev–Trinajstić information content (AvgIpc) is 3.02. The average molecular weight is 208 g/mol. The molecular weight excluding hydrogens is 196 g/mol. The zero-order valence-electron chi connectivity index (χ0n) is 8.22. The fraction of sp³-hybridized carbons (Fsp3) is 0.500. The van der Waals surface area contributed by atoms with E-state index in [1.165, 1.54) is 25.1 Å². The minimum atomic E-state index is -1.07. The molecule has 2 rings (SSSR count). The van der Waals surface area contributed by atoms with E-state index in [0.29, 0.717) is 6.61 Å². The van der Waals surface area contributed by atoms with Crippen LogP contribution in [0.2, 0.25) is 0 Å². The molecule has 0 spiro atoms. The molecule has 5 heteroatoms. The minimum absolute atomic E-state index is 0.0357. The van der Waals surface area contributed by atoms with E-state index in [1.54, 1.807) is 0 Å². The highest BCUT2D eigenvalue weighted by atomic mass is 16.5. The maximum atomic E-state index is 10.6. The number of hydrogen-bond acceptors (Lipinski definition) is 4. The monoisotopic (exact) mass is 208 g/mol. The molecule has 1 saturated carbocycles. The Morgan fingerprint density at radius 1 is 1.60 bits per heavy atom. The van der Waals surface area contributed by atoms with Gasteiger partial charge in [-0.2, -0.15) is 4.98 Å². The van der Waals surface area contributed by atoms with Crippen LogP contribution in [0.25, 0.3) is 0 Å². The third-order valence-corrected chi connectivity index (χ3v) is 2.31. The van der Waals surface area contributed by atoms with Gasteiger partial charge in [0.1, 0.15) is 0 Å². The molecule has 1 N–H and O–H groups in total. The summed E-state index contributed by atoms with van der Waals surface area (Å²) in [5.41, 5.74) is -0.0357. The third-order valence-electron chi connectivity index (χ3n) is 2.31. The van der Waals surface area contributed by atoms with Crippen molar-refractivity contribution in [1.82, 2.24) is 9.97 Å².